The molecule has 0 fully saturated rings. The third-order valence-electron chi connectivity index (χ3n) is 5.23. The Kier molecular flexibility index (Phi) is 4.92. The van der Waals surface area contributed by atoms with Gasteiger partial charge in [-0.3, -0.25) is 9.39 Å². The zero-order valence-corrected chi connectivity index (χ0v) is 16.8. The number of aliphatic imine (C=N–C) groups is 1. The van der Waals surface area contributed by atoms with Crippen LogP contribution in [0.4, 0.5) is 21.6 Å². The Labute approximate surface area is 169 Å². The minimum absolute atomic E-state index is 0.390. The van der Waals surface area contributed by atoms with Crippen LogP contribution < -0.4 is 11.1 Å². The Bertz CT molecular complexity index is 1160. The molecule has 3 N–H and O–H groups in total. The standard InChI is InChI=1S/C23H24FN5/c1-4-16-8-6-10-19-27-22(20-14(2)11-12-26-13-17(20)24)23(29(16)19)28-21-15(3)7-5-9-18(21)25/h5-10,12-13,28H,4,11,25H2,1-3H3. The highest BCUT2D eigenvalue weighted by Gasteiger charge is 2.24. The van der Waals surface area contributed by atoms with Gasteiger partial charge >= 0.3 is 0 Å². The van der Waals surface area contributed by atoms with Crippen molar-refractivity contribution >= 4 is 34.6 Å². The molecule has 1 aromatic carbocycles. The fourth-order valence-electron chi connectivity index (χ4n) is 3.70. The van der Waals surface area contributed by atoms with E-state index in [1.165, 1.54) is 6.20 Å². The van der Waals surface area contributed by atoms with E-state index >= 15 is 4.39 Å². The second-order valence-electron chi connectivity index (χ2n) is 7.21. The Hall–Kier alpha value is -3.41. The normalized spacial score (nSPS) is 14.3. The predicted molar refractivity (Wildman–Crippen MR) is 118 cm³/mol. The van der Waals surface area contributed by atoms with Crippen LogP contribution in [0.1, 0.15) is 37.2 Å². The molecule has 0 amide bonds. The van der Waals surface area contributed by atoms with Crippen LogP contribution in [-0.2, 0) is 6.42 Å². The van der Waals surface area contributed by atoms with E-state index in [4.69, 9.17) is 10.7 Å². The average molecular weight is 389 g/mol. The van der Waals surface area contributed by atoms with Gasteiger partial charge in [-0.1, -0.05) is 30.7 Å². The van der Waals surface area contributed by atoms with E-state index in [1.54, 1.807) is 6.21 Å². The van der Waals surface area contributed by atoms with E-state index in [2.05, 4.69) is 23.3 Å². The van der Waals surface area contributed by atoms with Gasteiger partial charge in [0.2, 0.25) is 0 Å². The number of hydrogen-bond donors (Lipinski definition) is 2. The fraction of sp³-hybridized carbons (Fsp3) is 0.217. The van der Waals surface area contributed by atoms with Crippen molar-refractivity contribution < 1.29 is 4.39 Å². The van der Waals surface area contributed by atoms with Gasteiger partial charge in [0.05, 0.1) is 17.6 Å². The van der Waals surface area contributed by atoms with E-state index in [0.29, 0.717) is 29.2 Å². The van der Waals surface area contributed by atoms with Crippen LogP contribution >= 0.6 is 0 Å². The summed E-state index contributed by atoms with van der Waals surface area (Å²) in [6.07, 6.45) is 4.34. The van der Waals surface area contributed by atoms with E-state index in [9.17, 15) is 0 Å². The molecule has 5 nitrogen and oxygen atoms in total. The molecule has 3 heterocycles. The molecule has 0 unspecified atom stereocenters. The SMILES string of the molecule is CCc1cccc2nc(C3=C(C)CC=NC=C3F)c(Nc3c(C)cccc3N)n12. The molecule has 0 bridgehead atoms. The number of rotatable bonds is 4. The summed E-state index contributed by atoms with van der Waals surface area (Å²) in [6.45, 7) is 5.99. The monoisotopic (exact) mass is 389 g/mol. The van der Waals surface area contributed by atoms with Crippen LogP contribution in [0.2, 0.25) is 0 Å². The van der Waals surface area contributed by atoms with Gasteiger partial charge in [-0.15, -0.1) is 0 Å². The molecule has 1 aliphatic heterocycles. The van der Waals surface area contributed by atoms with E-state index in [-0.39, 0.29) is 0 Å². The van der Waals surface area contributed by atoms with Crippen molar-refractivity contribution in [2.24, 2.45) is 4.99 Å². The molecule has 0 saturated heterocycles. The number of halogens is 1. The highest BCUT2D eigenvalue weighted by atomic mass is 19.1. The number of aryl methyl sites for hydroxylation is 2. The zero-order valence-electron chi connectivity index (χ0n) is 16.8. The second-order valence-corrected chi connectivity index (χ2v) is 7.21. The molecular weight excluding hydrogens is 365 g/mol. The minimum Gasteiger partial charge on any atom is -0.397 e. The predicted octanol–water partition coefficient (Wildman–Crippen LogP) is 5.59. The van der Waals surface area contributed by atoms with Crippen LogP contribution in [0.25, 0.3) is 11.2 Å². The molecule has 6 heteroatoms. The van der Waals surface area contributed by atoms with Crippen molar-refractivity contribution in [2.45, 2.75) is 33.6 Å². The van der Waals surface area contributed by atoms with Crippen molar-refractivity contribution in [3.05, 3.63) is 70.9 Å². The number of aromatic nitrogens is 2. The summed E-state index contributed by atoms with van der Waals surface area (Å²) in [6, 6.07) is 11.7. The summed E-state index contributed by atoms with van der Waals surface area (Å²) in [4.78, 5) is 8.84. The van der Waals surface area contributed by atoms with E-state index < -0.39 is 5.83 Å². The number of nitrogens with two attached hydrogens (primary N) is 1. The molecule has 4 rings (SSSR count). The number of nitrogens with zero attached hydrogens (tertiary/aromatic N) is 3. The summed E-state index contributed by atoms with van der Waals surface area (Å²) in [5.41, 5.74) is 12.4. The number of nitrogens with one attached hydrogen (secondary N) is 1. The van der Waals surface area contributed by atoms with Gasteiger partial charge in [0.15, 0.2) is 5.83 Å². The smallest absolute Gasteiger partial charge is 0.150 e. The number of allylic oxidation sites excluding steroid dienone is 3. The topological polar surface area (TPSA) is 67.7 Å². The lowest BCUT2D eigenvalue weighted by molar-refractivity contribution is 0.669. The Morgan fingerprint density at radius 2 is 1.97 bits per heavy atom. The maximum Gasteiger partial charge on any atom is 0.150 e. The molecule has 0 radical (unpaired) electrons. The summed E-state index contributed by atoms with van der Waals surface area (Å²) in [7, 11) is 0. The average Bonchev–Trinajstić information content (AvgIpc) is 2.97. The molecule has 0 aliphatic carbocycles. The van der Waals surface area contributed by atoms with Gasteiger partial charge in [0.25, 0.3) is 0 Å². The van der Waals surface area contributed by atoms with Crippen LogP contribution in [0.15, 0.2) is 59.0 Å². The van der Waals surface area contributed by atoms with Gasteiger partial charge < -0.3 is 11.1 Å². The number of pyridine rings is 1. The molecule has 148 valence electrons. The zero-order chi connectivity index (χ0) is 20.5. The van der Waals surface area contributed by atoms with Crippen molar-refractivity contribution in [3.8, 4) is 0 Å². The quantitative estimate of drug-likeness (QED) is 0.572. The molecule has 0 atom stereocenters. The summed E-state index contributed by atoms with van der Waals surface area (Å²) < 4.78 is 17.1. The van der Waals surface area contributed by atoms with Crippen LogP contribution in [0.5, 0.6) is 0 Å². The maximum atomic E-state index is 15.0. The molecular formula is C23H24FN5. The van der Waals surface area contributed by atoms with E-state index in [0.717, 1.165) is 34.6 Å². The van der Waals surface area contributed by atoms with Crippen LogP contribution in [0, 0.1) is 6.92 Å². The Balaban J connectivity index is 2.02. The highest BCUT2D eigenvalue weighted by Crippen LogP contribution is 2.38. The van der Waals surface area contributed by atoms with Crippen LogP contribution in [-0.4, -0.2) is 15.6 Å². The van der Waals surface area contributed by atoms with Gasteiger partial charge in [-0.2, -0.15) is 0 Å². The van der Waals surface area contributed by atoms with E-state index in [1.807, 2.05) is 48.6 Å². The van der Waals surface area contributed by atoms with Crippen molar-refractivity contribution in [1.29, 1.82) is 0 Å². The molecule has 3 aromatic rings. The fourth-order valence-corrected chi connectivity index (χ4v) is 3.70. The molecule has 29 heavy (non-hydrogen) atoms. The van der Waals surface area contributed by atoms with Crippen molar-refractivity contribution in [1.82, 2.24) is 9.38 Å². The number of nitrogen functional groups attached to an aromatic ring is 1. The van der Waals surface area contributed by atoms with Crippen molar-refractivity contribution in [2.75, 3.05) is 11.1 Å². The first-order valence-electron chi connectivity index (χ1n) is 9.71. The lowest BCUT2D eigenvalue weighted by atomic mass is 10.0. The third-order valence-corrected chi connectivity index (χ3v) is 5.23. The first-order chi connectivity index (χ1) is 14.0. The molecule has 0 spiro atoms. The molecule has 1 aliphatic rings. The number of hydrogen-bond acceptors (Lipinski definition) is 4. The first-order valence-corrected chi connectivity index (χ1v) is 9.71. The first kappa shape index (κ1) is 18.9. The van der Waals surface area contributed by atoms with Gasteiger partial charge in [0.1, 0.15) is 17.2 Å². The number of imidazole rings is 1. The maximum absolute atomic E-state index is 15.0. The summed E-state index contributed by atoms with van der Waals surface area (Å²) >= 11 is 0. The number of benzene rings is 1. The lowest BCUT2D eigenvalue weighted by Crippen LogP contribution is -2.06. The molecule has 2 aromatic heterocycles. The van der Waals surface area contributed by atoms with Crippen LogP contribution in [0.3, 0.4) is 0 Å². The lowest BCUT2D eigenvalue weighted by Gasteiger charge is -2.16. The van der Waals surface area contributed by atoms with Gasteiger partial charge in [-0.25, -0.2) is 9.37 Å². The third kappa shape index (κ3) is 3.31. The summed E-state index contributed by atoms with van der Waals surface area (Å²) in [5.74, 6) is 0.316. The minimum atomic E-state index is -0.390. The number of para-hydroxylation sites is 1. The van der Waals surface area contributed by atoms with Gasteiger partial charge in [-0.05, 0) is 44.0 Å². The Morgan fingerprint density at radius 1 is 1.17 bits per heavy atom. The number of fused-ring (bicyclic) bond motifs is 1. The van der Waals surface area contributed by atoms with Crippen molar-refractivity contribution in [3.63, 3.8) is 0 Å². The Morgan fingerprint density at radius 3 is 2.72 bits per heavy atom. The second kappa shape index (κ2) is 7.54. The molecule has 0 saturated carbocycles. The number of anilines is 3. The highest BCUT2D eigenvalue weighted by molar-refractivity contribution is 5.90. The summed E-state index contributed by atoms with van der Waals surface area (Å²) in [5, 5.41) is 3.47. The largest absolute Gasteiger partial charge is 0.397 e. The van der Waals surface area contributed by atoms with Gasteiger partial charge in [0, 0.05) is 23.9 Å².